The Balaban J connectivity index is 1.28. The van der Waals surface area contributed by atoms with E-state index in [1.54, 1.807) is 48.2 Å². The third-order valence-electron chi connectivity index (χ3n) is 10.7. The van der Waals surface area contributed by atoms with E-state index in [0.717, 1.165) is 84.2 Å². The van der Waals surface area contributed by atoms with Crippen LogP contribution in [-0.4, -0.2) is 58.4 Å². The molecule has 290 valence electrons. The lowest BCUT2D eigenvalue weighted by atomic mass is 9.93. The molecule has 0 saturated carbocycles. The van der Waals surface area contributed by atoms with Gasteiger partial charge in [0.2, 0.25) is 11.4 Å². The number of aryl methyl sites for hydroxylation is 1. The zero-order valence-corrected chi connectivity index (χ0v) is 33.5. The molecule has 5 aromatic carbocycles. The van der Waals surface area contributed by atoms with Crippen molar-refractivity contribution in [3.63, 3.8) is 0 Å². The van der Waals surface area contributed by atoms with E-state index in [-0.39, 0.29) is 16.2 Å². The summed E-state index contributed by atoms with van der Waals surface area (Å²) in [6, 6.07) is 24.7. The molecule has 2 N–H and O–H groups in total. The second kappa shape index (κ2) is 14.9. The zero-order valence-electron chi connectivity index (χ0n) is 31.1. The summed E-state index contributed by atoms with van der Waals surface area (Å²) in [5.41, 5.74) is 6.35. The first kappa shape index (κ1) is 38.6. The van der Waals surface area contributed by atoms with E-state index < -0.39 is 26.2 Å². The number of nitrogens with zero attached hydrogens (tertiary/aromatic N) is 2. The summed E-state index contributed by atoms with van der Waals surface area (Å²) in [5.74, 6) is -0.898. The molecule has 0 unspecified atom stereocenters. The maximum atomic E-state index is 12.3. The van der Waals surface area contributed by atoms with E-state index in [9.17, 15) is 35.8 Å². The predicted molar refractivity (Wildman–Crippen MR) is 223 cm³/mol. The van der Waals surface area contributed by atoms with Crippen molar-refractivity contribution in [3.05, 3.63) is 136 Å². The highest BCUT2D eigenvalue weighted by molar-refractivity contribution is 8.03. The van der Waals surface area contributed by atoms with Crippen LogP contribution in [0, 0.1) is 0 Å². The largest absolute Gasteiger partial charge is 0.744 e. The van der Waals surface area contributed by atoms with E-state index in [2.05, 4.69) is 33.4 Å². The molecule has 1 aliphatic carbocycles. The van der Waals surface area contributed by atoms with Gasteiger partial charge in [0.25, 0.3) is 10.1 Å². The van der Waals surface area contributed by atoms with E-state index in [1.807, 2.05) is 50.2 Å². The van der Waals surface area contributed by atoms with Gasteiger partial charge < -0.3 is 14.2 Å². The van der Waals surface area contributed by atoms with Crippen molar-refractivity contribution in [1.82, 2.24) is 4.57 Å². The monoisotopic (exact) mass is 818 g/mol. The lowest BCUT2D eigenvalue weighted by Crippen LogP contribution is -2.15. The Morgan fingerprint density at radius 2 is 1.54 bits per heavy atom. The molecule has 0 atom stereocenters. The molecule has 10 nitrogen and oxygen atoms in total. The summed E-state index contributed by atoms with van der Waals surface area (Å²) in [6.07, 6.45) is 10.8. The Morgan fingerprint density at radius 3 is 2.23 bits per heavy atom. The quantitative estimate of drug-likeness (QED) is 0.0974. The van der Waals surface area contributed by atoms with Gasteiger partial charge in [-0.15, -0.1) is 0 Å². The molecule has 2 heterocycles. The van der Waals surface area contributed by atoms with Crippen LogP contribution in [0.2, 0.25) is 0 Å². The van der Waals surface area contributed by atoms with Gasteiger partial charge >= 0.3 is 5.97 Å². The van der Waals surface area contributed by atoms with Gasteiger partial charge in [-0.3, -0.25) is 9.35 Å². The summed E-state index contributed by atoms with van der Waals surface area (Å²) in [5, 5.41) is 13.5. The summed E-state index contributed by atoms with van der Waals surface area (Å²) in [6.45, 7) is 5.30. The first-order valence-corrected chi connectivity index (χ1v) is 22.2. The zero-order chi connectivity index (χ0) is 40.2. The fourth-order valence-electron chi connectivity index (χ4n) is 8.31. The number of thioether (sulfide) groups is 1. The minimum absolute atomic E-state index is 0.0704. The van der Waals surface area contributed by atoms with Gasteiger partial charge in [-0.2, -0.15) is 13.0 Å². The molecule has 57 heavy (non-hydrogen) atoms. The van der Waals surface area contributed by atoms with Gasteiger partial charge in [-0.05, 0) is 92.3 Å². The molecule has 1 aromatic heterocycles. The molecule has 1 aliphatic heterocycles. The Kier molecular flexibility index (Phi) is 10.1. The van der Waals surface area contributed by atoms with Crippen molar-refractivity contribution >= 4 is 87.9 Å². The Morgan fingerprint density at radius 1 is 0.842 bits per heavy atom. The molecule has 8 rings (SSSR count). The summed E-state index contributed by atoms with van der Waals surface area (Å²) >= 11 is 1.61. The van der Waals surface area contributed by atoms with E-state index in [0.29, 0.717) is 29.4 Å². The first-order chi connectivity index (χ1) is 27.3. The molecule has 6 aromatic rings. The number of aromatic nitrogens is 1. The second-order valence-electron chi connectivity index (χ2n) is 14.0. The lowest BCUT2D eigenvalue weighted by Gasteiger charge is -2.21. The van der Waals surface area contributed by atoms with E-state index in [1.165, 1.54) is 12.1 Å². The Hall–Kier alpha value is -5.31. The van der Waals surface area contributed by atoms with Crippen molar-refractivity contribution in [2.45, 2.75) is 60.8 Å². The highest BCUT2D eigenvalue weighted by Crippen LogP contribution is 2.43. The Bertz CT molecular complexity index is 3080. The molecular weight excluding hydrogens is 781 g/mol. The van der Waals surface area contributed by atoms with E-state index in [4.69, 9.17) is 0 Å². The number of carbonyl (C=O) groups is 1. The fraction of sp³-hybridized carbons (Fsp3) is 0.182. The minimum Gasteiger partial charge on any atom is -0.744 e. The molecule has 0 fully saturated rings. The van der Waals surface area contributed by atoms with Crippen LogP contribution >= 0.6 is 11.8 Å². The molecule has 0 spiro atoms. The molecule has 2 aliphatic rings. The third-order valence-corrected chi connectivity index (χ3v) is 13.8. The number of carboxylic acid groups (broad SMARTS) is 1. The number of aliphatic carboxylic acids is 1. The maximum Gasteiger partial charge on any atom is 0.307 e. The SMILES string of the molecule is CCn1/c(=C/C=C2\CCCC(/C=C/C3=[N+](CC)c4ccc(S(=O)(=O)[O-])c5cccc3c45)=C2Sc2ccc(CC(=O)O)cc2)c2cccc3c(S(=O)(=O)O)ccc1c32. The van der Waals surface area contributed by atoms with E-state index >= 15 is 0 Å². The summed E-state index contributed by atoms with van der Waals surface area (Å²) in [4.78, 5) is 13.0. The summed E-state index contributed by atoms with van der Waals surface area (Å²) < 4.78 is 75.5. The van der Waals surface area contributed by atoms with Crippen LogP contribution in [0.25, 0.3) is 38.5 Å². The molecule has 0 saturated heterocycles. The first-order valence-electron chi connectivity index (χ1n) is 18.6. The molecule has 0 bridgehead atoms. The normalized spacial score (nSPS) is 16.1. The third kappa shape index (κ3) is 7.04. The smallest absolute Gasteiger partial charge is 0.307 e. The van der Waals surface area contributed by atoms with Gasteiger partial charge in [0.15, 0.2) is 0 Å². The topological polar surface area (TPSA) is 157 Å². The summed E-state index contributed by atoms with van der Waals surface area (Å²) in [7, 11) is -9.14. The van der Waals surface area contributed by atoms with Crippen LogP contribution in [0.1, 0.15) is 44.2 Å². The van der Waals surface area contributed by atoms with Crippen LogP contribution in [-0.2, 0) is 38.0 Å². The second-order valence-corrected chi connectivity index (χ2v) is 17.8. The number of carboxylic acids is 1. The van der Waals surface area contributed by atoms with Crippen LogP contribution in [0.4, 0.5) is 5.69 Å². The fourth-order valence-corrected chi connectivity index (χ4v) is 10.8. The number of allylic oxidation sites excluding steroid dienone is 5. The van der Waals surface area contributed by atoms with Gasteiger partial charge in [-0.25, -0.2) is 8.42 Å². The Labute approximate surface area is 334 Å². The molecule has 0 amide bonds. The molecule has 0 radical (unpaired) electrons. The van der Waals surface area contributed by atoms with Crippen molar-refractivity contribution in [1.29, 1.82) is 0 Å². The number of rotatable bonds is 11. The average Bonchev–Trinajstić information content (AvgIpc) is 3.66. The van der Waals surface area contributed by atoms with Crippen molar-refractivity contribution in [2.75, 3.05) is 6.54 Å². The van der Waals surface area contributed by atoms with Crippen LogP contribution < -0.4 is 5.35 Å². The predicted octanol–water partition coefficient (Wildman–Crippen LogP) is 8.12. The number of hydrogen-bond donors (Lipinski definition) is 2. The molecule has 13 heteroatoms. The highest BCUT2D eigenvalue weighted by atomic mass is 32.2. The lowest BCUT2D eigenvalue weighted by molar-refractivity contribution is -0.430. The molecular formula is C44H38N2O8S3. The number of hydrogen-bond acceptors (Lipinski definition) is 7. The van der Waals surface area contributed by atoms with Crippen molar-refractivity contribution in [2.24, 2.45) is 0 Å². The average molecular weight is 819 g/mol. The standard InChI is InChI=1S/C44H38N2O8S3/c1-3-45-35(31-10-6-12-33-39(56(49,50)51)24-22-37(45)42(31)33)20-16-28-8-5-9-29(44(28)55-30-18-14-27(15-19-30)26-41(47)48)17-21-36-32-11-7-13-34-40(57(52,53)54)25-23-38(43(32)34)46(36)4-2/h6-7,10-25H,3-5,8-9,26H2,1-2H3,(H2-,47,48,49,50,51,52,53,54). The van der Waals surface area contributed by atoms with Gasteiger partial charge in [0, 0.05) is 60.9 Å². The highest BCUT2D eigenvalue weighted by Gasteiger charge is 2.31. The maximum absolute atomic E-state index is 12.3. The van der Waals surface area contributed by atoms with Gasteiger partial charge in [-0.1, -0.05) is 66.4 Å². The van der Waals surface area contributed by atoms with Crippen LogP contribution in [0.3, 0.4) is 0 Å². The van der Waals surface area contributed by atoms with Gasteiger partial charge in [0.1, 0.15) is 21.6 Å². The van der Waals surface area contributed by atoms with Crippen molar-refractivity contribution < 1.29 is 40.4 Å². The minimum atomic E-state index is -4.69. The van der Waals surface area contributed by atoms with Crippen LogP contribution in [0.15, 0.2) is 134 Å². The van der Waals surface area contributed by atoms with Gasteiger partial charge in [0.05, 0.1) is 22.3 Å². The van der Waals surface area contributed by atoms with Crippen molar-refractivity contribution in [3.8, 4) is 0 Å². The van der Waals surface area contributed by atoms with Crippen LogP contribution in [0.5, 0.6) is 0 Å². The number of benzene rings is 5.